The summed E-state index contributed by atoms with van der Waals surface area (Å²) in [7, 11) is 4.18. The Morgan fingerprint density at radius 3 is 2.66 bits per heavy atom. The van der Waals surface area contributed by atoms with E-state index in [0.29, 0.717) is 18.2 Å². The highest BCUT2D eigenvalue weighted by Crippen LogP contribution is 2.33. The molecule has 4 rings (SSSR count). The SMILES string of the molecule is CN(C)CCCOc1ccccc1CN1CCCCCOc2ccccc2Oc2ncccc2C1. The summed E-state index contributed by atoms with van der Waals surface area (Å²) in [5.41, 5.74) is 2.27. The first-order valence-electron chi connectivity index (χ1n) is 12.6. The second-order valence-electron chi connectivity index (χ2n) is 9.25. The Balaban J connectivity index is 1.52. The zero-order valence-corrected chi connectivity index (χ0v) is 21.0. The smallest absolute Gasteiger partial charge is 0.223 e. The number of fused-ring (bicyclic) bond motifs is 2. The van der Waals surface area contributed by atoms with Gasteiger partial charge in [0.15, 0.2) is 11.5 Å². The third-order valence-corrected chi connectivity index (χ3v) is 6.05. The molecule has 0 unspecified atom stereocenters. The molecule has 0 bridgehead atoms. The molecular formula is C29H37N3O3. The van der Waals surface area contributed by atoms with E-state index in [1.165, 1.54) is 5.56 Å². The van der Waals surface area contributed by atoms with Crippen molar-refractivity contribution in [3.05, 3.63) is 78.0 Å². The minimum atomic E-state index is 0.626. The van der Waals surface area contributed by atoms with Gasteiger partial charge in [-0.25, -0.2) is 4.98 Å². The molecule has 0 saturated carbocycles. The van der Waals surface area contributed by atoms with Crippen molar-refractivity contribution in [1.29, 1.82) is 0 Å². The minimum absolute atomic E-state index is 0.626. The van der Waals surface area contributed by atoms with E-state index in [1.54, 1.807) is 6.20 Å². The first-order chi connectivity index (χ1) is 17.2. The predicted molar refractivity (Wildman–Crippen MR) is 139 cm³/mol. The molecule has 186 valence electrons. The van der Waals surface area contributed by atoms with Crippen molar-refractivity contribution < 1.29 is 14.2 Å². The van der Waals surface area contributed by atoms with Crippen LogP contribution >= 0.6 is 0 Å². The van der Waals surface area contributed by atoms with Crippen molar-refractivity contribution in [2.45, 2.75) is 38.8 Å². The third kappa shape index (κ3) is 7.70. The van der Waals surface area contributed by atoms with Crippen LogP contribution in [0.15, 0.2) is 66.9 Å². The molecule has 0 spiro atoms. The molecule has 1 aliphatic rings. The van der Waals surface area contributed by atoms with Crippen LogP contribution in [-0.2, 0) is 13.1 Å². The fraction of sp³-hybridized carbons (Fsp3) is 0.414. The van der Waals surface area contributed by atoms with Crippen molar-refractivity contribution in [2.24, 2.45) is 0 Å². The highest BCUT2D eigenvalue weighted by molar-refractivity contribution is 5.43. The Labute approximate surface area is 209 Å². The molecule has 2 heterocycles. The van der Waals surface area contributed by atoms with Crippen LogP contribution in [0.25, 0.3) is 0 Å². The van der Waals surface area contributed by atoms with Crippen LogP contribution in [0.3, 0.4) is 0 Å². The summed E-state index contributed by atoms with van der Waals surface area (Å²) in [6.07, 6.45) is 6.01. The minimum Gasteiger partial charge on any atom is -0.493 e. The van der Waals surface area contributed by atoms with E-state index < -0.39 is 0 Å². The van der Waals surface area contributed by atoms with E-state index >= 15 is 0 Å². The Bertz CT molecular complexity index is 1060. The molecule has 6 heteroatoms. The third-order valence-electron chi connectivity index (χ3n) is 6.05. The van der Waals surface area contributed by atoms with E-state index in [1.807, 2.05) is 30.3 Å². The first kappa shape index (κ1) is 25.0. The molecule has 2 aromatic carbocycles. The van der Waals surface area contributed by atoms with Gasteiger partial charge in [0.1, 0.15) is 5.75 Å². The normalized spacial score (nSPS) is 14.9. The van der Waals surface area contributed by atoms with E-state index in [2.05, 4.69) is 59.2 Å². The Morgan fingerprint density at radius 1 is 0.943 bits per heavy atom. The summed E-state index contributed by atoms with van der Waals surface area (Å²) in [4.78, 5) is 9.21. The lowest BCUT2D eigenvalue weighted by molar-refractivity contribution is 0.234. The lowest BCUT2D eigenvalue weighted by atomic mass is 10.1. The second kappa shape index (κ2) is 13.1. The maximum absolute atomic E-state index is 6.27. The lowest BCUT2D eigenvalue weighted by Gasteiger charge is -2.24. The van der Waals surface area contributed by atoms with Gasteiger partial charge >= 0.3 is 0 Å². The molecule has 0 radical (unpaired) electrons. The number of benzene rings is 2. The Kier molecular flexibility index (Phi) is 9.38. The van der Waals surface area contributed by atoms with Gasteiger partial charge in [0.2, 0.25) is 5.88 Å². The van der Waals surface area contributed by atoms with Crippen LogP contribution in [0.4, 0.5) is 0 Å². The number of nitrogens with zero attached hydrogens (tertiary/aromatic N) is 3. The van der Waals surface area contributed by atoms with E-state index in [4.69, 9.17) is 14.2 Å². The van der Waals surface area contributed by atoms with Gasteiger partial charge in [0.05, 0.1) is 13.2 Å². The number of ether oxygens (including phenoxy) is 3. The summed E-state index contributed by atoms with van der Waals surface area (Å²) in [5, 5.41) is 0. The second-order valence-corrected chi connectivity index (χ2v) is 9.25. The molecule has 0 amide bonds. The van der Waals surface area contributed by atoms with Gasteiger partial charge < -0.3 is 19.1 Å². The molecule has 0 atom stereocenters. The van der Waals surface area contributed by atoms with Crippen LogP contribution in [0, 0.1) is 0 Å². The van der Waals surface area contributed by atoms with Gasteiger partial charge in [-0.15, -0.1) is 0 Å². The average molecular weight is 476 g/mol. The number of para-hydroxylation sites is 3. The van der Waals surface area contributed by atoms with Gasteiger partial charge in [-0.2, -0.15) is 0 Å². The van der Waals surface area contributed by atoms with E-state index in [9.17, 15) is 0 Å². The summed E-state index contributed by atoms with van der Waals surface area (Å²) < 4.78 is 18.5. The van der Waals surface area contributed by atoms with Crippen LogP contribution < -0.4 is 14.2 Å². The molecule has 0 saturated heterocycles. The summed E-state index contributed by atoms with van der Waals surface area (Å²) in [6.45, 7) is 4.96. The molecule has 0 fully saturated rings. The maximum atomic E-state index is 6.27. The number of aromatic nitrogens is 1. The Hall–Kier alpha value is -3.09. The molecule has 3 aromatic rings. The van der Waals surface area contributed by atoms with Crippen LogP contribution in [0.2, 0.25) is 0 Å². The standard InChI is InChI=1S/C29H37N3O3/c1-31(2)18-11-21-33-26-14-5-4-12-24(26)22-32-19-8-3-9-20-34-27-15-6-7-16-28(27)35-29-25(23-32)13-10-17-30-29/h4-7,10,12-17H,3,8-9,11,18-23H2,1-2H3. The highest BCUT2D eigenvalue weighted by Gasteiger charge is 2.16. The fourth-order valence-corrected chi connectivity index (χ4v) is 4.22. The zero-order chi connectivity index (χ0) is 24.3. The van der Waals surface area contributed by atoms with Crippen LogP contribution in [-0.4, -0.2) is 55.2 Å². The summed E-state index contributed by atoms with van der Waals surface area (Å²) in [5.74, 6) is 3.07. The van der Waals surface area contributed by atoms with Gasteiger partial charge in [-0.05, 0) is 70.6 Å². The Morgan fingerprint density at radius 2 is 1.77 bits per heavy atom. The number of pyridine rings is 1. The molecule has 1 aliphatic heterocycles. The number of hydrogen-bond acceptors (Lipinski definition) is 6. The summed E-state index contributed by atoms with van der Waals surface area (Å²) in [6, 6.07) is 20.3. The molecule has 35 heavy (non-hydrogen) atoms. The highest BCUT2D eigenvalue weighted by atomic mass is 16.5. The number of rotatable bonds is 7. The topological polar surface area (TPSA) is 47.1 Å². The predicted octanol–water partition coefficient (Wildman–Crippen LogP) is 5.77. The monoisotopic (exact) mass is 475 g/mol. The summed E-state index contributed by atoms with van der Waals surface area (Å²) >= 11 is 0. The van der Waals surface area contributed by atoms with Gasteiger partial charge in [-0.3, -0.25) is 4.90 Å². The van der Waals surface area contributed by atoms with Crippen molar-refractivity contribution >= 4 is 0 Å². The van der Waals surface area contributed by atoms with E-state index in [-0.39, 0.29) is 0 Å². The van der Waals surface area contributed by atoms with Gasteiger partial charge in [0.25, 0.3) is 0 Å². The lowest BCUT2D eigenvalue weighted by Crippen LogP contribution is -2.25. The van der Waals surface area contributed by atoms with Gasteiger partial charge in [0, 0.05) is 37.0 Å². The average Bonchev–Trinajstić information content (AvgIpc) is 2.87. The molecule has 1 aromatic heterocycles. The number of hydrogen-bond donors (Lipinski definition) is 0. The van der Waals surface area contributed by atoms with Crippen molar-refractivity contribution in [2.75, 3.05) is 40.4 Å². The first-order valence-corrected chi connectivity index (χ1v) is 12.6. The molecule has 6 nitrogen and oxygen atoms in total. The van der Waals surface area contributed by atoms with Crippen LogP contribution in [0.5, 0.6) is 23.1 Å². The molecule has 0 aliphatic carbocycles. The van der Waals surface area contributed by atoms with E-state index in [0.717, 1.165) is 75.5 Å². The zero-order valence-electron chi connectivity index (χ0n) is 21.0. The molecular weight excluding hydrogens is 438 g/mol. The quantitative estimate of drug-likeness (QED) is 0.404. The van der Waals surface area contributed by atoms with Gasteiger partial charge in [-0.1, -0.05) is 36.4 Å². The van der Waals surface area contributed by atoms with Crippen molar-refractivity contribution in [1.82, 2.24) is 14.8 Å². The maximum Gasteiger partial charge on any atom is 0.223 e. The largest absolute Gasteiger partial charge is 0.493 e. The molecule has 0 N–H and O–H groups in total. The fourth-order valence-electron chi connectivity index (χ4n) is 4.22. The van der Waals surface area contributed by atoms with Crippen molar-refractivity contribution in [3.8, 4) is 23.1 Å². The van der Waals surface area contributed by atoms with Crippen LogP contribution in [0.1, 0.15) is 36.8 Å². The van der Waals surface area contributed by atoms with Crippen molar-refractivity contribution in [3.63, 3.8) is 0 Å².